The van der Waals surface area contributed by atoms with Crippen LogP contribution < -0.4 is 4.87 Å². The third-order valence-corrected chi connectivity index (χ3v) is 10.4. The van der Waals surface area contributed by atoms with Gasteiger partial charge in [-0.15, -0.1) is 11.8 Å². The molecule has 1 saturated heterocycles. The second-order valence-corrected chi connectivity index (χ2v) is 11.5. The Morgan fingerprint density at radius 1 is 1.12 bits per heavy atom. The second-order valence-electron chi connectivity index (χ2n) is 9.34. The van der Waals surface area contributed by atoms with Crippen LogP contribution in [-0.4, -0.2) is 44.6 Å². The van der Waals surface area contributed by atoms with Crippen LogP contribution in [0.1, 0.15) is 35.6 Å². The van der Waals surface area contributed by atoms with Gasteiger partial charge < -0.3 is 10.1 Å². The van der Waals surface area contributed by atoms with E-state index in [1.807, 2.05) is 0 Å². The third-order valence-electron chi connectivity index (χ3n) is 7.82. The number of carbonyl (C=O) groups excluding carboxylic acids is 2. The van der Waals surface area contributed by atoms with Crippen LogP contribution in [0.4, 0.5) is 4.39 Å². The molecular formula is C23H21FN2O5S2. The van der Waals surface area contributed by atoms with Crippen molar-refractivity contribution in [1.29, 1.82) is 0 Å². The maximum Gasteiger partial charge on any atom is 0.305 e. The average molecular weight is 489 g/mol. The predicted molar refractivity (Wildman–Crippen MR) is 118 cm³/mol. The molecular weight excluding hydrogens is 467 g/mol. The summed E-state index contributed by atoms with van der Waals surface area (Å²) < 4.78 is 13.7. The van der Waals surface area contributed by atoms with Crippen molar-refractivity contribution in [3.63, 3.8) is 0 Å². The molecule has 7 atom stereocenters. The minimum absolute atomic E-state index is 0.00108. The number of aromatic amines is 1. The Kier molecular flexibility index (Phi) is 4.81. The van der Waals surface area contributed by atoms with Gasteiger partial charge in [-0.2, -0.15) is 0 Å². The van der Waals surface area contributed by atoms with Gasteiger partial charge in [0.25, 0.3) is 0 Å². The number of carbonyl (C=O) groups is 3. The molecule has 2 saturated carbocycles. The number of hydrogen-bond donors (Lipinski definition) is 2. The zero-order chi connectivity index (χ0) is 23.0. The van der Waals surface area contributed by atoms with Crippen molar-refractivity contribution < 1.29 is 23.9 Å². The summed E-state index contributed by atoms with van der Waals surface area (Å²) >= 11 is 2.78. The number of hydrogen-bond acceptors (Lipinski definition) is 6. The number of rotatable bonds is 5. The number of likely N-dealkylation sites (tertiary alicyclic amines) is 1. The summed E-state index contributed by atoms with van der Waals surface area (Å²) in [6, 6.07) is 6.35. The van der Waals surface area contributed by atoms with Crippen LogP contribution >= 0.6 is 23.1 Å². The largest absolute Gasteiger partial charge is 0.481 e. The molecule has 0 radical (unpaired) electrons. The predicted octanol–water partition coefficient (Wildman–Crippen LogP) is 2.91. The molecule has 2 amide bonds. The monoisotopic (exact) mass is 488 g/mol. The Balaban J connectivity index is 1.37. The fourth-order valence-electron chi connectivity index (χ4n) is 6.73. The highest BCUT2D eigenvalue weighted by Crippen LogP contribution is 2.68. The van der Waals surface area contributed by atoms with Crippen LogP contribution in [-0.2, 0) is 14.4 Å². The molecule has 10 heteroatoms. The van der Waals surface area contributed by atoms with Crippen LogP contribution in [0, 0.1) is 35.4 Å². The number of imide groups is 1. The molecule has 7 nitrogen and oxygen atoms in total. The van der Waals surface area contributed by atoms with Gasteiger partial charge in [0.05, 0.1) is 16.9 Å². The van der Waals surface area contributed by atoms with E-state index in [2.05, 4.69) is 4.98 Å². The number of nitrogens with one attached hydrogen (secondary N) is 1. The van der Waals surface area contributed by atoms with Gasteiger partial charge in [0, 0.05) is 29.0 Å². The van der Waals surface area contributed by atoms with Crippen molar-refractivity contribution in [2.75, 3.05) is 6.54 Å². The van der Waals surface area contributed by atoms with Gasteiger partial charge in [0.2, 0.25) is 11.8 Å². The zero-order valence-electron chi connectivity index (χ0n) is 17.4. The van der Waals surface area contributed by atoms with E-state index in [0.717, 1.165) is 21.9 Å². The molecule has 0 unspecified atom stereocenters. The maximum absolute atomic E-state index is 13.7. The number of carboxylic acids is 1. The fourth-order valence-corrected chi connectivity index (χ4v) is 9.62. The summed E-state index contributed by atoms with van der Waals surface area (Å²) in [7, 11) is 0. The lowest BCUT2D eigenvalue weighted by Crippen LogP contribution is -2.42. The molecule has 2 bridgehead atoms. The normalized spacial score (nSPS) is 33.8. The number of benzene rings is 1. The molecule has 2 N–H and O–H groups in total. The molecule has 1 aromatic heterocycles. The molecule has 4 aliphatic rings. The van der Waals surface area contributed by atoms with E-state index in [9.17, 15) is 23.6 Å². The standard InChI is InChI=1S/C23H21FN2O5S2/c24-10-5-3-9(4-6-10)14-15-11-8-12(18(15)32-20-19(14)33-23(31)25-20)17-16(11)21(29)26(22(17)30)7-1-2-13(27)28/h3-6,11-12,14-18H,1-2,7-8H2,(H,25,31)(H,27,28)/t11-,12-,14+,15-,16-,17+,18-/m1/s1. The number of H-pyrrole nitrogens is 1. The summed E-state index contributed by atoms with van der Waals surface area (Å²) in [5, 5.41) is 9.82. The van der Waals surface area contributed by atoms with E-state index >= 15 is 0 Å². The number of aromatic nitrogens is 1. The van der Waals surface area contributed by atoms with E-state index < -0.39 is 11.9 Å². The van der Waals surface area contributed by atoms with E-state index in [0.29, 0.717) is 0 Å². The van der Waals surface area contributed by atoms with Crippen molar-refractivity contribution >= 4 is 40.9 Å². The summed E-state index contributed by atoms with van der Waals surface area (Å²) in [6.45, 7) is 0.140. The van der Waals surface area contributed by atoms with Gasteiger partial charge in [-0.05, 0) is 48.3 Å². The van der Waals surface area contributed by atoms with Crippen LogP contribution in [0.25, 0.3) is 0 Å². The summed E-state index contributed by atoms with van der Waals surface area (Å²) in [5.74, 6) is -2.44. The minimum Gasteiger partial charge on any atom is -0.481 e. The maximum atomic E-state index is 13.7. The topological polar surface area (TPSA) is 108 Å². The first-order valence-electron chi connectivity index (χ1n) is 11.1. The Bertz CT molecular complexity index is 1220. The number of halogens is 1. The van der Waals surface area contributed by atoms with Gasteiger partial charge in [-0.3, -0.25) is 24.1 Å². The SMILES string of the molecule is O=C(O)CCCN1C(=O)[C@@H]2[C@@H]3C[C@@H]([C@H]4Sc5[nH]c(=O)sc5[C@@H](c5ccc(F)cc5)[C@@H]34)[C@@H]2C1=O. The van der Waals surface area contributed by atoms with Crippen LogP contribution in [0.5, 0.6) is 0 Å². The third kappa shape index (κ3) is 3.06. The molecule has 2 aliphatic carbocycles. The Labute approximate surface area is 196 Å². The van der Waals surface area contributed by atoms with E-state index in [4.69, 9.17) is 5.11 Å². The Hall–Kier alpha value is -2.46. The molecule has 33 heavy (non-hydrogen) atoms. The summed E-state index contributed by atoms with van der Waals surface area (Å²) in [6.07, 6.45) is 0.954. The number of thioether (sulfide) groups is 1. The van der Waals surface area contributed by atoms with Gasteiger partial charge in [0.1, 0.15) is 5.82 Å². The highest BCUT2D eigenvalue weighted by Gasteiger charge is 2.69. The van der Waals surface area contributed by atoms with Crippen LogP contribution in [0.3, 0.4) is 0 Å². The lowest BCUT2D eigenvalue weighted by atomic mass is 9.68. The highest BCUT2D eigenvalue weighted by atomic mass is 32.2. The van der Waals surface area contributed by atoms with Gasteiger partial charge in [-0.1, -0.05) is 23.5 Å². The van der Waals surface area contributed by atoms with Gasteiger partial charge >= 0.3 is 10.8 Å². The van der Waals surface area contributed by atoms with Crippen molar-refractivity contribution in [1.82, 2.24) is 9.88 Å². The summed E-state index contributed by atoms with van der Waals surface area (Å²) in [5.41, 5.74) is 0.919. The molecule has 1 aromatic carbocycles. The van der Waals surface area contributed by atoms with Crippen molar-refractivity contribution in [2.24, 2.45) is 29.6 Å². The van der Waals surface area contributed by atoms with Gasteiger partial charge in [-0.25, -0.2) is 4.39 Å². The molecule has 6 rings (SSSR count). The van der Waals surface area contributed by atoms with E-state index in [1.165, 1.54) is 28.4 Å². The van der Waals surface area contributed by atoms with Gasteiger partial charge in [0.15, 0.2) is 0 Å². The van der Waals surface area contributed by atoms with Crippen LogP contribution in [0.15, 0.2) is 34.1 Å². The molecule has 3 heterocycles. The summed E-state index contributed by atoms with van der Waals surface area (Å²) in [4.78, 5) is 54.7. The number of nitrogens with zero attached hydrogens (tertiary/aromatic N) is 1. The van der Waals surface area contributed by atoms with E-state index in [-0.39, 0.29) is 76.7 Å². The Morgan fingerprint density at radius 3 is 2.52 bits per heavy atom. The minimum atomic E-state index is -0.945. The van der Waals surface area contributed by atoms with E-state index in [1.54, 1.807) is 23.9 Å². The number of thiazole rings is 1. The van der Waals surface area contributed by atoms with Crippen molar-refractivity contribution in [3.8, 4) is 0 Å². The smallest absolute Gasteiger partial charge is 0.305 e. The molecule has 2 aromatic rings. The average Bonchev–Trinajstić information content (AvgIpc) is 3.49. The first-order valence-corrected chi connectivity index (χ1v) is 12.8. The van der Waals surface area contributed by atoms with Crippen molar-refractivity contribution in [3.05, 3.63) is 50.2 Å². The van der Waals surface area contributed by atoms with Crippen molar-refractivity contribution in [2.45, 2.75) is 35.5 Å². The number of amides is 2. The first-order chi connectivity index (χ1) is 15.8. The second kappa shape index (κ2) is 7.53. The lowest BCUT2D eigenvalue weighted by molar-refractivity contribution is -0.142. The molecule has 0 spiro atoms. The number of aliphatic carboxylic acids is 1. The molecule has 2 aliphatic heterocycles. The number of fused-ring (bicyclic) bond motifs is 9. The number of carboxylic acid groups (broad SMARTS) is 1. The zero-order valence-corrected chi connectivity index (χ0v) is 19.0. The van der Waals surface area contributed by atoms with Crippen LogP contribution in [0.2, 0.25) is 0 Å². The fraction of sp³-hybridized carbons (Fsp3) is 0.478. The lowest BCUT2D eigenvalue weighted by Gasteiger charge is -2.43. The Morgan fingerprint density at radius 2 is 1.82 bits per heavy atom. The molecule has 172 valence electrons. The quantitative estimate of drug-likeness (QED) is 0.627. The first kappa shape index (κ1) is 21.1. The molecule has 3 fully saturated rings. The highest BCUT2D eigenvalue weighted by molar-refractivity contribution is 8.00.